The zero-order valence-electron chi connectivity index (χ0n) is 11.6. The van der Waals surface area contributed by atoms with Crippen molar-refractivity contribution in [2.45, 2.75) is 37.5 Å². The van der Waals surface area contributed by atoms with E-state index in [0.29, 0.717) is 18.4 Å². The fourth-order valence-corrected chi connectivity index (χ4v) is 3.98. The maximum absolute atomic E-state index is 13.2. The molecule has 0 spiro atoms. The third-order valence-electron chi connectivity index (χ3n) is 3.81. The van der Waals surface area contributed by atoms with Crippen LogP contribution < -0.4 is 10.5 Å². The molecule has 0 amide bonds. The van der Waals surface area contributed by atoms with Crippen LogP contribution in [-0.2, 0) is 10.0 Å². The summed E-state index contributed by atoms with van der Waals surface area (Å²) in [6, 6.07) is 3.36. The molecule has 0 radical (unpaired) electrons. The number of benzene rings is 1. The van der Waals surface area contributed by atoms with Crippen molar-refractivity contribution < 1.29 is 12.8 Å². The van der Waals surface area contributed by atoms with Crippen molar-refractivity contribution in [3.63, 3.8) is 0 Å². The van der Waals surface area contributed by atoms with Gasteiger partial charge in [0.1, 0.15) is 5.82 Å². The van der Waals surface area contributed by atoms with E-state index in [0.717, 1.165) is 31.4 Å². The molecule has 3 N–H and O–H groups in total. The molecule has 2 rings (SSSR count). The van der Waals surface area contributed by atoms with Crippen molar-refractivity contribution in [2.24, 2.45) is 11.8 Å². The van der Waals surface area contributed by atoms with Crippen molar-refractivity contribution in [1.29, 1.82) is 0 Å². The Morgan fingerprint density at radius 2 is 2.10 bits per heavy atom. The predicted molar refractivity (Wildman–Crippen MR) is 77.1 cm³/mol. The van der Waals surface area contributed by atoms with Gasteiger partial charge in [-0.1, -0.05) is 19.8 Å². The Balaban J connectivity index is 2.03. The summed E-state index contributed by atoms with van der Waals surface area (Å²) in [6.45, 7) is 2.59. The number of nitrogens with two attached hydrogens (primary N) is 1. The summed E-state index contributed by atoms with van der Waals surface area (Å²) in [5.41, 5.74) is 5.59. The molecule has 0 aliphatic heterocycles. The maximum atomic E-state index is 13.2. The molecule has 0 aromatic heterocycles. The number of hydrogen-bond acceptors (Lipinski definition) is 3. The van der Waals surface area contributed by atoms with Crippen LogP contribution in [0.4, 0.5) is 10.1 Å². The van der Waals surface area contributed by atoms with Crippen LogP contribution in [0.1, 0.15) is 32.6 Å². The highest BCUT2D eigenvalue weighted by atomic mass is 32.2. The standard InChI is InChI=1S/C14H21FN2O2S/c1-10-3-2-4-11(5-10)9-17-20(18,19)14-7-12(15)6-13(16)8-14/h6-8,10-11,17H,2-5,9,16H2,1H3. The minimum absolute atomic E-state index is 0.108. The first-order chi connectivity index (χ1) is 9.37. The van der Waals surface area contributed by atoms with E-state index in [1.807, 2.05) is 0 Å². The number of rotatable bonds is 4. The van der Waals surface area contributed by atoms with Crippen LogP contribution in [0.2, 0.25) is 0 Å². The Bertz CT molecular complexity index is 554. The van der Waals surface area contributed by atoms with E-state index in [1.54, 1.807) is 0 Å². The lowest BCUT2D eigenvalue weighted by molar-refractivity contribution is 0.283. The molecule has 112 valence electrons. The average Bonchev–Trinajstić information content (AvgIpc) is 2.35. The van der Waals surface area contributed by atoms with Crippen LogP contribution in [0.25, 0.3) is 0 Å². The summed E-state index contributed by atoms with van der Waals surface area (Å²) < 4.78 is 40.1. The molecule has 1 aromatic rings. The van der Waals surface area contributed by atoms with E-state index in [9.17, 15) is 12.8 Å². The minimum Gasteiger partial charge on any atom is -0.399 e. The van der Waals surface area contributed by atoms with Gasteiger partial charge in [0, 0.05) is 12.2 Å². The smallest absolute Gasteiger partial charge is 0.240 e. The number of nitrogens with one attached hydrogen (secondary N) is 1. The molecule has 1 saturated carbocycles. The van der Waals surface area contributed by atoms with E-state index in [4.69, 9.17) is 5.73 Å². The largest absolute Gasteiger partial charge is 0.399 e. The van der Waals surface area contributed by atoms with Crippen LogP contribution in [0, 0.1) is 17.7 Å². The van der Waals surface area contributed by atoms with Crippen LogP contribution in [0.5, 0.6) is 0 Å². The Hall–Kier alpha value is -1.14. The Kier molecular flexibility index (Phi) is 4.65. The molecule has 1 aliphatic rings. The molecule has 6 heteroatoms. The first-order valence-corrected chi connectivity index (χ1v) is 8.41. The van der Waals surface area contributed by atoms with Gasteiger partial charge in [-0.3, -0.25) is 0 Å². The van der Waals surface area contributed by atoms with Crippen molar-refractivity contribution >= 4 is 15.7 Å². The Morgan fingerprint density at radius 1 is 1.35 bits per heavy atom. The van der Waals surface area contributed by atoms with Crippen molar-refractivity contribution in [1.82, 2.24) is 4.72 Å². The van der Waals surface area contributed by atoms with E-state index in [1.165, 1.54) is 12.5 Å². The molecule has 2 unspecified atom stereocenters. The Labute approximate surface area is 119 Å². The SMILES string of the molecule is CC1CCCC(CNS(=O)(=O)c2cc(N)cc(F)c2)C1. The van der Waals surface area contributed by atoms with Gasteiger partial charge < -0.3 is 5.73 Å². The molecular weight excluding hydrogens is 279 g/mol. The molecule has 2 atom stereocenters. The lowest BCUT2D eigenvalue weighted by Crippen LogP contribution is -2.31. The van der Waals surface area contributed by atoms with Gasteiger partial charge in [0.05, 0.1) is 4.90 Å². The van der Waals surface area contributed by atoms with E-state index < -0.39 is 15.8 Å². The van der Waals surface area contributed by atoms with Crippen LogP contribution in [-0.4, -0.2) is 15.0 Å². The van der Waals surface area contributed by atoms with Gasteiger partial charge in [-0.15, -0.1) is 0 Å². The van der Waals surface area contributed by atoms with Crippen LogP contribution in [0.3, 0.4) is 0 Å². The number of nitrogen functional groups attached to an aromatic ring is 1. The van der Waals surface area contributed by atoms with Gasteiger partial charge in [-0.05, 0) is 42.9 Å². The summed E-state index contributed by atoms with van der Waals surface area (Å²) in [4.78, 5) is -0.112. The van der Waals surface area contributed by atoms with Crippen molar-refractivity contribution in [3.05, 3.63) is 24.0 Å². The molecule has 1 aromatic carbocycles. The second-order valence-corrected chi connectivity index (χ2v) is 7.48. The zero-order valence-corrected chi connectivity index (χ0v) is 12.4. The number of hydrogen-bond donors (Lipinski definition) is 2. The topological polar surface area (TPSA) is 72.2 Å². The Morgan fingerprint density at radius 3 is 2.75 bits per heavy atom. The van der Waals surface area contributed by atoms with Gasteiger partial charge >= 0.3 is 0 Å². The highest BCUT2D eigenvalue weighted by molar-refractivity contribution is 7.89. The molecule has 1 aliphatic carbocycles. The summed E-state index contributed by atoms with van der Waals surface area (Å²) in [6.07, 6.45) is 4.43. The minimum atomic E-state index is -3.69. The third-order valence-corrected chi connectivity index (χ3v) is 5.21. The van der Waals surface area contributed by atoms with Crippen molar-refractivity contribution in [3.8, 4) is 0 Å². The monoisotopic (exact) mass is 300 g/mol. The lowest BCUT2D eigenvalue weighted by Gasteiger charge is -2.26. The first kappa shape index (κ1) is 15.3. The van der Waals surface area contributed by atoms with E-state index in [-0.39, 0.29) is 10.6 Å². The number of anilines is 1. The lowest BCUT2D eigenvalue weighted by atomic mass is 9.83. The third kappa shape index (κ3) is 3.93. The predicted octanol–water partition coefficient (Wildman–Crippen LogP) is 2.51. The maximum Gasteiger partial charge on any atom is 0.240 e. The van der Waals surface area contributed by atoms with Gasteiger partial charge in [0.15, 0.2) is 0 Å². The second-order valence-electron chi connectivity index (χ2n) is 5.71. The summed E-state index contributed by atoms with van der Waals surface area (Å²) in [5, 5.41) is 0. The number of halogens is 1. The van der Waals surface area contributed by atoms with Crippen LogP contribution in [0.15, 0.2) is 23.1 Å². The van der Waals surface area contributed by atoms with E-state index >= 15 is 0 Å². The normalized spacial score (nSPS) is 23.7. The summed E-state index contributed by atoms with van der Waals surface area (Å²) >= 11 is 0. The second kappa shape index (κ2) is 6.10. The molecule has 0 heterocycles. The summed E-state index contributed by atoms with van der Waals surface area (Å²) in [5.74, 6) is 0.360. The van der Waals surface area contributed by atoms with E-state index in [2.05, 4.69) is 11.6 Å². The number of sulfonamides is 1. The molecule has 4 nitrogen and oxygen atoms in total. The molecular formula is C14H21FN2O2S. The molecule has 0 bridgehead atoms. The fourth-order valence-electron chi connectivity index (χ4n) is 2.80. The van der Waals surface area contributed by atoms with Gasteiger partial charge in [-0.2, -0.15) is 0 Å². The van der Waals surface area contributed by atoms with Gasteiger partial charge in [0.25, 0.3) is 0 Å². The zero-order chi connectivity index (χ0) is 14.8. The van der Waals surface area contributed by atoms with Crippen molar-refractivity contribution in [2.75, 3.05) is 12.3 Å². The summed E-state index contributed by atoms with van der Waals surface area (Å²) in [7, 11) is -3.69. The molecule has 0 saturated heterocycles. The quantitative estimate of drug-likeness (QED) is 0.839. The fraction of sp³-hybridized carbons (Fsp3) is 0.571. The molecule has 20 heavy (non-hydrogen) atoms. The molecule has 1 fully saturated rings. The average molecular weight is 300 g/mol. The first-order valence-electron chi connectivity index (χ1n) is 6.92. The van der Waals surface area contributed by atoms with Gasteiger partial charge in [-0.25, -0.2) is 17.5 Å². The highest BCUT2D eigenvalue weighted by Crippen LogP contribution is 2.28. The van der Waals surface area contributed by atoms with Gasteiger partial charge in [0.2, 0.25) is 10.0 Å². The highest BCUT2D eigenvalue weighted by Gasteiger charge is 2.22. The van der Waals surface area contributed by atoms with Crippen LogP contribution >= 0.6 is 0 Å².